The number of benzene rings is 2. The molecule has 4 rings (SSSR count). The lowest BCUT2D eigenvalue weighted by Crippen LogP contribution is -2.44. The lowest BCUT2D eigenvalue weighted by Gasteiger charge is -2.28. The van der Waals surface area contributed by atoms with Gasteiger partial charge >= 0.3 is 0 Å². The zero-order valence-electron chi connectivity index (χ0n) is 22.5. The number of nitrogens with zero attached hydrogens (tertiary/aromatic N) is 2. The van der Waals surface area contributed by atoms with Crippen molar-refractivity contribution in [2.24, 2.45) is 0 Å². The molecule has 2 aromatic rings. The molecule has 0 spiro atoms. The summed E-state index contributed by atoms with van der Waals surface area (Å²) in [6.07, 6.45) is 5.76. The Bertz CT molecular complexity index is 1090. The van der Waals surface area contributed by atoms with Gasteiger partial charge in [-0.1, -0.05) is 56.5 Å². The van der Waals surface area contributed by atoms with Crippen molar-refractivity contribution >= 4 is 15.7 Å². The van der Waals surface area contributed by atoms with Gasteiger partial charge in [0.25, 0.3) is 0 Å². The molecule has 2 aromatic carbocycles. The first-order chi connectivity index (χ1) is 17.9. The molecule has 2 heterocycles. The van der Waals surface area contributed by atoms with Gasteiger partial charge in [0, 0.05) is 31.5 Å². The number of rotatable bonds is 12. The monoisotopic (exact) mass is 530 g/mol. The molecule has 0 aliphatic carbocycles. The minimum Gasteiger partial charge on any atom is -0.485 e. The van der Waals surface area contributed by atoms with Crippen LogP contribution in [-0.4, -0.2) is 64.3 Å². The molecule has 0 unspecified atom stereocenters. The predicted octanol–water partition coefficient (Wildman–Crippen LogP) is 5.24. The van der Waals surface area contributed by atoms with Gasteiger partial charge in [-0.3, -0.25) is 0 Å². The van der Waals surface area contributed by atoms with E-state index < -0.39 is 16.1 Å². The molecule has 3 atom stereocenters. The highest BCUT2D eigenvalue weighted by Crippen LogP contribution is 2.37. The second-order valence-electron chi connectivity index (χ2n) is 10.2. The van der Waals surface area contributed by atoms with Crippen LogP contribution in [-0.2, 0) is 26.1 Å². The highest BCUT2D eigenvalue weighted by molar-refractivity contribution is 7.89. The Kier molecular flexibility index (Phi) is 9.87. The minimum atomic E-state index is -3.72. The predicted molar refractivity (Wildman–Crippen MR) is 147 cm³/mol. The van der Waals surface area contributed by atoms with E-state index in [0.29, 0.717) is 25.6 Å². The van der Waals surface area contributed by atoms with Crippen LogP contribution in [0.5, 0.6) is 5.75 Å². The van der Waals surface area contributed by atoms with Gasteiger partial charge in [0.05, 0.1) is 32.4 Å². The van der Waals surface area contributed by atoms with E-state index >= 15 is 0 Å². The summed E-state index contributed by atoms with van der Waals surface area (Å²) in [5.41, 5.74) is 2.05. The summed E-state index contributed by atoms with van der Waals surface area (Å²) in [7, 11) is -2.00. The number of hydrogen-bond donors (Lipinski definition) is 0. The van der Waals surface area contributed by atoms with E-state index in [1.54, 1.807) is 17.5 Å². The molecule has 0 saturated carbocycles. The van der Waals surface area contributed by atoms with Gasteiger partial charge < -0.3 is 19.1 Å². The zero-order valence-corrected chi connectivity index (χ0v) is 23.3. The molecule has 8 heteroatoms. The summed E-state index contributed by atoms with van der Waals surface area (Å²) in [6.45, 7) is 6.77. The standard InChI is InChI=1S/C29H42N2O5S/c1-4-5-7-11-23(2)31-19-27(22-35-20-24-12-8-6-9-13-24)36-28-18-25(15-16-29(28)37(31,32)33)30-17-10-14-26(30)21-34-3/h6,8-9,12-13,15-16,18,23,26-27H,4-5,7,10-11,14,17,19-22H2,1-3H3/t23-,26+,27-/m1/s1. The molecule has 1 saturated heterocycles. The smallest absolute Gasteiger partial charge is 0.247 e. The maximum Gasteiger partial charge on any atom is 0.247 e. The van der Waals surface area contributed by atoms with Crippen molar-refractivity contribution in [2.45, 2.75) is 82.1 Å². The lowest BCUT2D eigenvalue weighted by molar-refractivity contribution is 0.0310. The largest absolute Gasteiger partial charge is 0.485 e. The van der Waals surface area contributed by atoms with Crippen molar-refractivity contribution in [1.29, 1.82) is 0 Å². The van der Waals surface area contributed by atoms with Crippen molar-refractivity contribution in [3.8, 4) is 5.75 Å². The quantitative estimate of drug-likeness (QED) is 0.350. The van der Waals surface area contributed by atoms with E-state index in [2.05, 4.69) is 11.8 Å². The molecule has 0 bridgehead atoms. The average Bonchev–Trinajstić information content (AvgIpc) is 3.32. The molecule has 2 aliphatic heterocycles. The van der Waals surface area contributed by atoms with Crippen LogP contribution < -0.4 is 9.64 Å². The van der Waals surface area contributed by atoms with Crippen LogP contribution in [0.15, 0.2) is 53.4 Å². The van der Waals surface area contributed by atoms with Crippen LogP contribution in [0.3, 0.4) is 0 Å². The minimum absolute atomic E-state index is 0.118. The molecule has 0 N–H and O–H groups in total. The van der Waals surface area contributed by atoms with Crippen LogP contribution in [0.2, 0.25) is 0 Å². The number of sulfonamides is 1. The summed E-state index contributed by atoms with van der Waals surface area (Å²) >= 11 is 0. The van der Waals surface area contributed by atoms with Crippen molar-refractivity contribution in [1.82, 2.24) is 4.31 Å². The summed E-state index contributed by atoms with van der Waals surface area (Å²) in [4.78, 5) is 2.54. The third-order valence-corrected chi connectivity index (χ3v) is 9.41. The Morgan fingerprint density at radius 3 is 2.68 bits per heavy atom. The first-order valence-electron chi connectivity index (χ1n) is 13.6. The Morgan fingerprint density at radius 2 is 1.92 bits per heavy atom. The molecular formula is C29H42N2O5S. The SMILES string of the molecule is CCCCC[C@@H](C)N1C[C@H](COCc2ccccc2)Oc2cc(N3CCC[C@H]3COC)ccc2S1(=O)=O. The summed E-state index contributed by atoms with van der Waals surface area (Å²) in [6, 6.07) is 15.7. The fourth-order valence-corrected chi connectivity index (χ4v) is 7.18. The number of methoxy groups -OCH3 is 1. The number of ether oxygens (including phenoxy) is 3. The van der Waals surface area contributed by atoms with Crippen LogP contribution in [0, 0.1) is 0 Å². The third-order valence-electron chi connectivity index (χ3n) is 7.39. The summed E-state index contributed by atoms with van der Waals surface area (Å²) in [5.74, 6) is 0.414. The normalized spacial score (nSPS) is 22.3. The van der Waals surface area contributed by atoms with Crippen LogP contribution >= 0.6 is 0 Å². The van der Waals surface area contributed by atoms with Gasteiger partial charge in [0.1, 0.15) is 16.7 Å². The van der Waals surface area contributed by atoms with Crippen LogP contribution in [0.1, 0.15) is 57.9 Å². The van der Waals surface area contributed by atoms with Gasteiger partial charge in [-0.2, -0.15) is 4.31 Å². The van der Waals surface area contributed by atoms with Crippen molar-refractivity contribution < 1.29 is 22.6 Å². The number of fused-ring (bicyclic) bond motifs is 1. The fraction of sp³-hybridized carbons (Fsp3) is 0.586. The van der Waals surface area contributed by atoms with Crippen LogP contribution in [0.4, 0.5) is 5.69 Å². The van der Waals surface area contributed by atoms with E-state index in [0.717, 1.165) is 56.3 Å². The Labute approximate surface area is 222 Å². The van der Waals surface area contributed by atoms with Crippen LogP contribution in [0.25, 0.3) is 0 Å². The molecule has 0 amide bonds. The number of anilines is 1. The van der Waals surface area contributed by atoms with Gasteiger partial charge in [-0.15, -0.1) is 0 Å². The zero-order chi connectivity index (χ0) is 26.3. The topological polar surface area (TPSA) is 68.3 Å². The van der Waals surface area contributed by atoms with Gasteiger partial charge in [0.2, 0.25) is 10.0 Å². The fourth-order valence-electron chi connectivity index (χ4n) is 5.38. The Morgan fingerprint density at radius 1 is 1.11 bits per heavy atom. The van der Waals surface area contributed by atoms with Crippen molar-refractivity contribution in [3.05, 3.63) is 54.1 Å². The van der Waals surface area contributed by atoms with E-state index in [4.69, 9.17) is 14.2 Å². The second kappa shape index (κ2) is 13.1. The highest BCUT2D eigenvalue weighted by Gasteiger charge is 2.38. The van der Waals surface area contributed by atoms with Gasteiger partial charge in [0.15, 0.2) is 0 Å². The van der Waals surface area contributed by atoms with E-state index in [9.17, 15) is 8.42 Å². The number of hydrogen-bond acceptors (Lipinski definition) is 6. The maximum absolute atomic E-state index is 13.9. The summed E-state index contributed by atoms with van der Waals surface area (Å²) in [5, 5.41) is 0. The maximum atomic E-state index is 13.9. The summed E-state index contributed by atoms with van der Waals surface area (Å²) < 4.78 is 47.3. The third kappa shape index (κ3) is 6.85. The molecule has 2 aliphatic rings. The molecule has 7 nitrogen and oxygen atoms in total. The van der Waals surface area contributed by atoms with E-state index in [1.807, 2.05) is 49.4 Å². The molecule has 204 valence electrons. The molecule has 37 heavy (non-hydrogen) atoms. The van der Waals surface area contributed by atoms with Crippen molar-refractivity contribution in [2.75, 3.05) is 38.3 Å². The van der Waals surface area contributed by atoms with Gasteiger partial charge in [-0.05, 0) is 43.9 Å². The Hall–Kier alpha value is -2.13. The lowest BCUT2D eigenvalue weighted by atomic mass is 10.1. The Balaban J connectivity index is 1.60. The van der Waals surface area contributed by atoms with E-state index in [-0.39, 0.29) is 23.5 Å². The molecule has 0 aromatic heterocycles. The first kappa shape index (κ1) is 27.9. The number of unbranched alkanes of at least 4 members (excludes halogenated alkanes) is 2. The first-order valence-corrected chi connectivity index (χ1v) is 15.1. The molecular weight excluding hydrogens is 488 g/mol. The second-order valence-corrected chi connectivity index (χ2v) is 12.1. The molecule has 1 fully saturated rings. The van der Waals surface area contributed by atoms with Gasteiger partial charge in [-0.25, -0.2) is 8.42 Å². The van der Waals surface area contributed by atoms with Crippen molar-refractivity contribution in [3.63, 3.8) is 0 Å². The average molecular weight is 531 g/mol. The highest BCUT2D eigenvalue weighted by atomic mass is 32.2. The van der Waals surface area contributed by atoms with E-state index in [1.165, 1.54) is 0 Å². The molecule has 0 radical (unpaired) electrons.